The third-order valence-electron chi connectivity index (χ3n) is 4.51. The number of hydrogen-bond donors (Lipinski definition) is 1. The van der Waals surface area contributed by atoms with Crippen LogP contribution in [0.3, 0.4) is 0 Å². The molecule has 2 nitrogen and oxygen atoms in total. The van der Waals surface area contributed by atoms with Crippen LogP contribution in [-0.2, 0) is 13.1 Å². The first-order chi connectivity index (χ1) is 8.74. The summed E-state index contributed by atoms with van der Waals surface area (Å²) in [7, 11) is 0. The van der Waals surface area contributed by atoms with E-state index < -0.39 is 0 Å². The molecule has 1 aliphatic carbocycles. The fourth-order valence-corrected chi connectivity index (χ4v) is 3.21. The molecule has 1 aliphatic heterocycles. The minimum Gasteiger partial charge on any atom is -0.309 e. The number of rotatable bonds is 2. The van der Waals surface area contributed by atoms with Crippen LogP contribution in [-0.4, -0.2) is 5.78 Å². The lowest BCUT2D eigenvalue weighted by Crippen LogP contribution is -2.21. The second-order valence-electron chi connectivity index (χ2n) is 5.91. The zero-order chi connectivity index (χ0) is 12.5. The lowest BCUT2D eigenvalue weighted by atomic mass is 9.79. The lowest BCUT2D eigenvalue weighted by Gasteiger charge is -2.25. The average Bonchev–Trinajstić information content (AvgIpc) is 2.86. The molecule has 1 fully saturated rings. The molecule has 96 valence electrons. The molecule has 1 heterocycles. The van der Waals surface area contributed by atoms with Crippen molar-refractivity contribution in [3.05, 3.63) is 34.9 Å². The maximum absolute atomic E-state index is 12.5. The summed E-state index contributed by atoms with van der Waals surface area (Å²) in [6.45, 7) is 4.16. The Morgan fingerprint density at radius 2 is 1.83 bits per heavy atom. The molecular formula is C16H21NO. The zero-order valence-corrected chi connectivity index (χ0v) is 11.0. The number of hydrogen-bond acceptors (Lipinski definition) is 2. The molecule has 1 aromatic carbocycles. The van der Waals surface area contributed by atoms with E-state index in [9.17, 15) is 4.79 Å². The molecule has 0 amide bonds. The highest BCUT2D eigenvalue weighted by Crippen LogP contribution is 2.31. The molecule has 1 aromatic rings. The number of ketones is 1. The Labute approximate surface area is 109 Å². The van der Waals surface area contributed by atoms with Crippen LogP contribution in [0, 0.1) is 11.8 Å². The fourth-order valence-electron chi connectivity index (χ4n) is 3.21. The van der Waals surface area contributed by atoms with Gasteiger partial charge in [0.1, 0.15) is 0 Å². The molecule has 18 heavy (non-hydrogen) atoms. The SMILES string of the molecule is CC1CCC(C(=O)c2ccc3c(c2)CNC3)CC1. The van der Waals surface area contributed by atoms with E-state index in [-0.39, 0.29) is 5.92 Å². The van der Waals surface area contributed by atoms with Crippen molar-refractivity contribution in [3.63, 3.8) is 0 Å². The second kappa shape index (κ2) is 4.85. The van der Waals surface area contributed by atoms with E-state index in [1.54, 1.807) is 0 Å². The number of fused-ring (bicyclic) bond motifs is 1. The van der Waals surface area contributed by atoms with E-state index in [1.807, 2.05) is 6.07 Å². The van der Waals surface area contributed by atoms with Gasteiger partial charge in [0.25, 0.3) is 0 Å². The Kier molecular flexibility index (Phi) is 3.21. The Morgan fingerprint density at radius 1 is 1.11 bits per heavy atom. The van der Waals surface area contributed by atoms with Crippen molar-refractivity contribution in [2.75, 3.05) is 0 Å². The van der Waals surface area contributed by atoms with Gasteiger partial charge in [-0.1, -0.05) is 31.9 Å². The zero-order valence-electron chi connectivity index (χ0n) is 11.0. The molecule has 0 radical (unpaired) electrons. The highest BCUT2D eigenvalue weighted by atomic mass is 16.1. The summed E-state index contributed by atoms with van der Waals surface area (Å²) in [5.74, 6) is 1.45. The van der Waals surface area contributed by atoms with Gasteiger partial charge >= 0.3 is 0 Å². The third kappa shape index (κ3) is 2.22. The smallest absolute Gasteiger partial charge is 0.165 e. The van der Waals surface area contributed by atoms with Crippen LogP contribution in [0.2, 0.25) is 0 Å². The van der Waals surface area contributed by atoms with Gasteiger partial charge < -0.3 is 5.32 Å². The monoisotopic (exact) mass is 243 g/mol. The molecule has 0 bridgehead atoms. The molecule has 2 heteroatoms. The van der Waals surface area contributed by atoms with Gasteiger partial charge in [0.05, 0.1) is 0 Å². The number of nitrogens with one attached hydrogen (secondary N) is 1. The fraction of sp³-hybridized carbons (Fsp3) is 0.562. The molecule has 0 unspecified atom stereocenters. The van der Waals surface area contributed by atoms with E-state index in [0.29, 0.717) is 5.78 Å². The number of Topliss-reactive ketones (excluding diaryl/α,β-unsaturated/α-hetero) is 1. The van der Waals surface area contributed by atoms with Crippen molar-refractivity contribution >= 4 is 5.78 Å². The normalized spacial score (nSPS) is 26.9. The minimum absolute atomic E-state index is 0.272. The largest absolute Gasteiger partial charge is 0.309 e. The highest BCUT2D eigenvalue weighted by molar-refractivity contribution is 5.98. The Morgan fingerprint density at radius 3 is 2.61 bits per heavy atom. The second-order valence-corrected chi connectivity index (χ2v) is 5.91. The standard InChI is InChI=1S/C16H21NO/c1-11-2-4-12(5-3-11)16(18)13-6-7-14-9-17-10-15(14)8-13/h6-8,11-12,17H,2-5,9-10H2,1H3. The van der Waals surface area contributed by atoms with Gasteiger partial charge in [-0.05, 0) is 36.0 Å². The van der Waals surface area contributed by atoms with Crippen molar-refractivity contribution in [3.8, 4) is 0 Å². The molecule has 0 aromatic heterocycles. The first kappa shape index (κ1) is 11.9. The van der Waals surface area contributed by atoms with Gasteiger partial charge in [-0.25, -0.2) is 0 Å². The topological polar surface area (TPSA) is 29.1 Å². The minimum atomic E-state index is 0.272. The predicted molar refractivity (Wildman–Crippen MR) is 72.4 cm³/mol. The van der Waals surface area contributed by atoms with Crippen LogP contribution in [0.15, 0.2) is 18.2 Å². The van der Waals surface area contributed by atoms with Gasteiger partial charge in [-0.2, -0.15) is 0 Å². The molecule has 0 saturated heterocycles. The van der Waals surface area contributed by atoms with Gasteiger partial charge in [0.2, 0.25) is 0 Å². The summed E-state index contributed by atoms with van der Waals surface area (Å²) < 4.78 is 0. The first-order valence-electron chi connectivity index (χ1n) is 7.11. The van der Waals surface area contributed by atoms with Gasteiger partial charge in [0.15, 0.2) is 5.78 Å². The van der Waals surface area contributed by atoms with Gasteiger partial charge in [-0.3, -0.25) is 4.79 Å². The summed E-state index contributed by atoms with van der Waals surface area (Å²) in [6.07, 6.45) is 4.58. The Bertz CT molecular complexity index is 458. The van der Waals surface area contributed by atoms with E-state index in [0.717, 1.165) is 37.4 Å². The number of carbonyl (C=O) groups excluding carboxylic acids is 1. The number of carbonyl (C=O) groups is 1. The Balaban J connectivity index is 1.76. The summed E-state index contributed by atoms with van der Waals surface area (Å²) >= 11 is 0. The van der Waals surface area contributed by atoms with Gasteiger partial charge in [0, 0.05) is 24.6 Å². The van der Waals surface area contributed by atoms with Crippen molar-refractivity contribution in [2.24, 2.45) is 11.8 Å². The van der Waals surface area contributed by atoms with E-state index >= 15 is 0 Å². The van der Waals surface area contributed by atoms with Crippen molar-refractivity contribution in [1.29, 1.82) is 0 Å². The van der Waals surface area contributed by atoms with Crippen LogP contribution in [0.1, 0.15) is 54.1 Å². The van der Waals surface area contributed by atoms with Gasteiger partial charge in [-0.15, -0.1) is 0 Å². The third-order valence-corrected chi connectivity index (χ3v) is 4.51. The van der Waals surface area contributed by atoms with Crippen molar-refractivity contribution in [2.45, 2.75) is 45.7 Å². The Hall–Kier alpha value is -1.15. The van der Waals surface area contributed by atoms with E-state index in [4.69, 9.17) is 0 Å². The summed E-state index contributed by atoms with van der Waals surface area (Å²) in [5, 5.41) is 3.33. The summed E-state index contributed by atoms with van der Waals surface area (Å²) in [5.41, 5.74) is 3.59. The summed E-state index contributed by atoms with van der Waals surface area (Å²) in [4.78, 5) is 12.5. The molecule has 2 aliphatic rings. The van der Waals surface area contributed by atoms with Crippen LogP contribution in [0.5, 0.6) is 0 Å². The molecule has 0 atom stereocenters. The highest BCUT2D eigenvalue weighted by Gasteiger charge is 2.25. The van der Waals surface area contributed by atoms with E-state index in [1.165, 1.54) is 24.0 Å². The lowest BCUT2D eigenvalue weighted by molar-refractivity contribution is 0.0875. The molecule has 1 N–H and O–H groups in total. The van der Waals surface area contributed by atoms with Crippen molar-refractivity contribution in [1.82, 2.24) is 5.32 Å². The van der Waals surface area contributed by atoms with Crippen LogP contribution >= 0.6 is 0 Å². The predicted octanol–water partition coefficient (Wildman–Crippen LogP) is 3.30. The average molecular weight is 243 g/mol. The summed E-state index contributed by atoms with van der Waals surface area (Å²) in [6, 6.07) is 6.25. The molecule has 0 spiro atoms. The van der Waals surface area contributed by atoms with Crippen LogP contribution < -0.4 is 5.32 Å². The molecular weight excluding hydrogens is 222 g/mol. The van der Waals surface area contributed by atoms with E-state index in [2.05, 4.69) is 24.4 Å². The van der Waals surface area contributed by atoms with Crippen molar-refractivity contribution < 1.29 is 4.79 Å². The maximum atomic E-state index is 12.5. The van der Waals surface area contributed by atoms with Crippen LogP contribution in [0.25, 0.3) is 0 Å². The first-order valence-corrected chi connectivity index (χ1v) is 7.11. The maximum Gasteiger partial charge on any atom is 0.165 e. The molecule has 1 saturated carbocycles. The number of benzene rings is 1. The molecule has 3 rings (SSSR count). The van der Waals surface area contributed by atoms with Crippen LogP contribution in [0.4, 0.5) is 0 Å². The quantitative estimate of drug-likeness (QED) is 0.807.